The lowest BCUT2D eigenvalue weighted by molar-refractivity contribution is 0.264. The first kappa shape index (κ1) is 11.6. The van der Waals surface area contributed by atoms with Gasteiger partial charge in [0.15, 0.2) is 0 Å². The van der Waals surface area contributed by atoms with Crippen LogP contribution in [0.15, 0.2) is 30.3 Å². The fourth-order valence-corrected chi connectivity index (χ4v) is 3.56. The molecule has 0 aliphatic heterocycles. The van der Waals surface area contributed by atoms with Crippen molar-refractivity contribution in [3.05, 3.63) is 35.9 Å². The lowest BCUT2D eigenvalue weighted by Gasteiger charge is -2.41. The second-order valence-corrected chi connectivity index (χ2v) is 6.11. The lowest BCUT2D eigenvalue weighted by Crippen LogP contribution is -2.41. The molecular formula is C12H16O3S. The number of hydrogen-bond acceptors (Lipinski definition) is 3. The third kappa shape index (κ3) is 2.13. The molecule has 0 bridgehead atoms. The maximum atomic E-state index is 11.6. The van der Waals surface area contributed by atoms with Crippen molar-refractivity contribution in [2.24, 2.45) is 0 Å². The molecule has 1 aromatic rings. The zero-order valence-electron chi connectivity index (χ0n) is 9.35. The van der Waals surface area contributed by atoms with Gasteiger partial charge >= 0.3 is 0 Å². The standard InChI is InChI=1S/C12H16O3S/c1-15-16(13,14)10-12(8-5-9-12)11-6-3-2-4-7-11/h2-4,6-7H,5,8-10H2,1H3. The Morgan fingerprint density at radius 3 is 2.31 bits per heavy atom. The molecule has 0 atom stereocenters. The second-order valence-electron chi connectivity index (χ2n) is 4.37. The summed E-state index contributed by atoms with van der Waals surface area (Å²) < 4.78 is 27.7. The lowest BCUT2D eigenvalue weighted by atomic mass is 9.66. The van der Waals surface area contributed by atoms with Crippen molar-refractivity contribution < 1.29 is 12.6 Å². The Balaban J connectivity index is 2.28. The molecule has 1 aromatic carbocycles. The summed E-state index contributed by atoms with van der Waals surface area (Å²) in [6.07, 6.45) is 2.95. The fourth-order valence-electron chi connectivity index (χ4n) is 2.31. The van der Waals surface area contributed by atoms with Gasteiger partial charge in [0.25, 0.3) is 10.1 Å². The molecule has 0 amide bonds. The van der Waals surface area contributed by atoms with Crippen LogP contribution < -0.4 is 0 Å². The van der Waals surface area contributed by atoms with E-state index >= 15 is 0 Å². The van der Waals surface area contributed by atoms with Crippen LogP contribution in [0.1, 0.15) is 24.8 Å². The van der Waals surface area contributed by atoms with E-state index in [0.717, 1.165) is 24.8 Å². The minimum atomic E-state index is -3.39. The van der Waals surface area contributed by atoms with Crippen LogP contribution in [-0.4, -0.2) is 21.3 Å². The summed E-state index contributed by atoms with van der Waals surface area (Å²) in [6, 6.07) is 9.86. The van der Waals surface area contributed by atoms with E-state index in [2.05, 4.69) is 4.18 Å². The Bertz CT molecular complexity index is 446. The molecule has 0 heterocycles. The molecule has 2 rings (SSSR count). The fraction of sp³-hybridized carbons (Fsp3) is 0.500. The predicted molar refractivity (Wildman–Crippen MR) is 62.8 cm³/mol. The number of rotatable bonds is 4. The van der Waals surface area contributed by atoms with Gasteiger partial charge in [0.1, 0.15) is 0 Å². The van der Waals surface area contributed by atoms with Crippen LogP contribution in [0.4, 0.5) is 0 Å². The molecule has 0 aromatic heterocycles. The maximum Gasteiger partial charge on any atom is 0.267 e. The SMILES string of the molecule is COS(=O)(=O)CC1(c2ccccc2)CCC1. The van der Waals surface area contributed by atoms with Crippen molar-refractivity contribution in [1.29, 1.82) is 0 Å². The first-order valence-corrected chi connectivity index (χ1v) is 7.00. The van der Waals surface area contributed by atoms with Crippen LogP contribution >= 0.6 is 0 Å². The van der Waals surface area contributed by atoms with Gasteiger partial charge in [-0.15, -0.1) is 0 Å². The first-order valence-electron chi connectivity index (χ1n) is 5.42. The van der Waals surface area contributed by atoms with Crippen LogP contribution in [0.25, 0.3) is 0 Å². The highest BCUT2D eigenvalue weighted by atomic mass is 32.2. The molecule has 0 radical (unpaired) electrons. The zero-order valence-corrected chi connectivity index (χ0v) is 10.2. The summed E-state index contributed by atoms with van der Waals surface area (Å²) in [7, 11) is -2.16. The summed E-state index contributed by atoms with van der Waals surface area (Å²) >= 11 is 0. The molecule has 3 nitrogen and oxygen atoms in total. The van der Waals surface area contributed by atoms with Gasteiger partial charge in [0.2, 0.25) is 0 Å². The minimum absolute atomic E-state index is 0.0977. The van der Waals surface area contributed by atoms with E-state index in [-0.39, 0.29) is 11.2 Å². The van der Waals surface area contributed by atoms with E-state index in [4.69, 9.17) is 0 Å². The van der Waals surface area contributed by atoms with Crippen LogP contribution in [-0.2, 0) is 19.7 Å². The van der Waals surface area contributed by atoms with Gasteiger partial charge in [0, 0.05) is 5.41 Å². The Hall–Kier alpha value is -0.870. The quantitative estimate of drug-likeness (QED) is 0.757. The van der Waals surface area contributed by atoms with Crippen molar-refractivity contribution in [2.75, 3.05) is 12.9 Å². The molecule has 0 saturated heterocycles. The Labute approximate surface area is 96.6 Å². The molecule has 4 heteroatoms. The third-order valence-corrected chi connectivity index (χ3v) is 4.82. The van der Waals surface area contributed by atoms with Crippen LogP contribution in [0, 0.1) is 0 Å². The van der Waals surface area contributed by atoms with Gasteiger partial charge in [-0.3, -0.25) is 4.18 Å². The van der Waals surface area contributed by atoms with Crippen molar-refractivity contribution in [1.82, 2.24) is 0 Å². The molecule has 0 N–H and O–H groups in total. The Kier molecular flexibility index (Phi) is 3.04. The van der Waals surface area contributed by atoms with Gasteiger partial charge in [-0.2, -0.15) is 8.42 Å². The number of benzene rings is 1. The van der Waals surface area contributed by atoms with Crippen molar-refractivity contribution in [3.63, 3.8) is 0 Å². The predicted octanol–water partition coefficient (Wildman–Crippen LogP) is 2.08. The third-order valence-electron chi connectivity index (χ3n) is 3.40. The minimum Gasteiger partial charge on any atom is -0.273 e. The highest BCUT2D eigenvalue weighted by Gasteiger charge is 2.42. The van der Waals surface area contributed by atoms with Gasteiger partial charge in [-0.05, 0) is 18.4 Å². The maximum absolute atomic E-state index is 11.6. The largest absolute Gasteiger partial charge is 0.273 e. The van der Waals surface area contributed by atoms with E-state index in [1.54, 1.807) is 0 Å². The Morgan fingerprint density at radius 1 is 1.25 bits per heavy atom. The molecule has 1 fully saturated rings. The van der Waals surface area contributed by atoms with E-state index in [1.165, 1.54) is 7.11 Å². The summed E-state index contributed by atoms with van der Waals surface area (Å²) in [5.74, 6) is 0.0977. The number of hydrogen-bond donors (Lipinski definition) is 0. The summed E-state index contributed by atoms with van der Waals surface area (Å²) in [5, 5.41) is 0. The van der Waals surface area contributed by atoms with E-state index in [0.29, 0.717) is 0 Å². The van der Waals surface area contributed by atoms with Gasteiger partial charge in [0.05, 0.1) is 12.9 Å². The van der Waals surface area contributed by atoms with Crippen LogP contribution in [0.5, 0.6) is 0 Å². The summed E-state index contributed by atoms with van der Waals surface area (Å²) in [5.41, 5.74) is 0.901. The molecule has 1 aliphatic carbocycles. The molecule has 0 spiro atoms. The molecule has 88 valence electrons. The average molecular weight is 240 g/mol. The normalized spacial score (nSPS) is 19.1. The molecule has 0 unspecified atom stereocenters. The topological polar surface area (TPSA) is 43.4 Å². The molecular weight excluding hydrogens is 224 g/mol. The second kappa shape index (κ2) is 4.18. The van der Waals surface area contributed by atoms with Gasteiger partial charge in [-0.25, -0.2) is 0 Å². The first-order chi connectivity index (χ1) is 7.58. The van der Waals surface area contributed by atoms with Gasteiger partial charge < -0.3 is 0 Å². The highest BCUT2D eigenvalue weighted by Crippen LogP contribution is 2.44. The van der Waals surface area contributed by atoms with Gasteiger partial charge in [-0.1, -0.05) is 36.8 Å². The summed E-state index contributed by atoms with van der Waals surface area (Å²) in [4.78, 5) is 0. The van der Waals surface area contributed by atoms with Crippen molar-refractivity contribution in [3.8, 4) is 0 Å². The van der Waals surface area contributed by atoms with Crippen LogP contribution in [0.2, 0.25) is 0 Å². The van der Waals surface area contributed by atoms with Crippen LogP contribution in [0.3, 0.4) is 0 Å². The smallest absolute Gasteiger partial charge is 0.267 e. The van der Waals surface area contributed by atoms with E-state index in [1.807, 2.05) is 30.3 Å². The van der Waals surface area contributed by atoms with E-state index < -0.39 is 10.1 Å². The monoisotopic (exact) mass is 240 g/mol. The average Bonchev–Trinajstić information content (AvgIpc) is 2.25. The van der Waals surface area contributed by atoms with Crippen molar-refractivity contribution in [2.45, 2.75) is 24.7 Å². The van der Waals surface area contributed by atoms with Crippen molar-refractivity contribution >= 4 is 10.1 Å². The summed E-state index contributed by atoms with van der Waals surface area (Å²) in [6.45, 7) is 0. The van der Waals surface area contributed by atoms with E-state index in [9.17, 15) is 8.42 Å². The highest BCUT2D eigenvalue weighted by molar-refractivity contribution is 7.86. The zero-order chi connectivity index (χ0) is 11.6. The molecule has 1 aliphatic rings. The molecule has 1 saturated carbocycles. The molecule has 16 heavy (non-hydrogen) atoms. The Morgan fingerprint density at radius 2 is 1.88 bits per heavy atom.